The highest BCUT2D eigenvalue weighted by Crippen LogP contribution is 2.31. The van der Waals surface area contributed by atoms with Crippen molar-refractivity contribution in [1.29, 1.82) is 0 Å². The first-order chi connectivity index (χ1) is 12.6. The summed E-state index contributed by atoms with van der Waals surface area (Å²) >= 11 is 0. The lowest BCUT2D eigenvalue weighted by Crippen LogP contribution is -2.39. The molecule has 0 spiro atoms. The van der Waals surface area contributed by atoms with Crippen molar-refractivity contribution in [3.63, 3.8) is 0 Å². The van der Waals surface area contributed by atoms with Gasteiger partial charge < -0.3 is 15.0 Å². The van der Waals surface area contributed by atoms with Crippen molar-refractivity contribution in [3.8, 4) is 0 Å². The van der Waals surface area contributed by atoms with Crippen LogP contribution in [-0.4, -0.2) is 34.0 Å². The quantitative estimate of drug-likeness (QED) is 0.750. The standard InChI is InChI=1S/C22H24N2O2/c1-15-7-8-18-14-20(23-19(18)13-15)22(26)24-11-9-17(10-12-24)21(25)16-5-3-2-4-6-16/h2-8,13-14,17,21,23,25H,9-12H2,1H3/t21-/m1/s1. The van der Waals surface area contributed by atoms with E-state index in [0.29, 0.717) is 18.8 Å². The molecule has 1 aromatic heterocycles. The fourth-order valence-electron chi connectivity index (χ4n) is 3.87. The van der Waals surface area contributed by atoms with E-state index in [-0.39, 0.29) is 11.8 Å². The predicted octanol–water partition coefficient (Wildman–Crippen LogP) is 4.06. The van der Waals surface area contributed by atoms with Crippen LogP contribution in [0.25, 0.3) is 10.9 Å². The molecule has 4 nitrogen and oxygen atoms in total. The molecule has 1 atom stereocenters. The van der Waals surface area contributed by atoms with Gasteiger partial charge in [-0.15, -0.1) is 0 Å². The van der Waals surface area contributed by atoms with Gasteiger partial charge in [0.25, 0.3) is 5.91 Å². The van der Waals surface area contributed by atoms with Crippen LogP contribution in [0.3, 0.4) is 0 Å². The predicted molar refractivity (Wildman–Crippen MR) is 103 cm³/mol. The minimum Gasteiger partial charge on any atom is -0.388 e. The second-order valence-electron chi connectivity index (χ2n) is 7.26. The van der Waals surface area contributed by atoms with E-state index < -0.39 is 6.10 Å². The number of H-pyrrole nitrogens is 1. The molecule has 2 N–H and O–H groups in total. The molecule has 1 aliphatic rings. The summed E-state index contributed by atoms with van der Waals surface area (Å²) in [5.41, 5.74) is 3.78. The number of nitrogens with zero attached hydrogens (tertiary/aromatic N) is 1. The van der Waals surface area contributed by atoms with Crippen molar-refractivity contribution < 1.29 is 9.90 Å². The molecule has 4 heteroatoms. The molecule has 1 saturated heterocycles. The third-order valence-corrected chi connectivity index (χ3v) is 5.42. The van der Waals surface area contributed by atoms with Crippen molar-refractivity contribution in [2.24, 2.45) is 5.92 Å². The lowest BCUT2D eigenvalue weighted by atomic mass is 9.87. The zero-order valence-electron chi connectivity index (χ0n) is 15.0. The van der Waals surface area contributed by atoms with E-state index in [1.54, 1.807) is 0 Å². The third kappa shape index (κ3) is 3.25. The Labute approximate surface area is 153 Å². The Morgan fingerprint density at radius 1 is 1.12 bits per heavy atom. The number of amides is 1. The maximum atomic E-state index is 12.8. The van der Waals surface area contributed by atoms with Crippen LogP contribution in [0.5, 0.6) is 0 Å². The molecular formula is C22H24N2O2. The van der Waals surface area contributed by atoms with Gasteiger partial charge in [0.15, 0.2) is 0 Å². The number of hydrogen-bond acceptors (Lipinski definition) is 2. The smallest absolute Gasteiger partial charge is 0.270 e. The number of carbonyl (C=O) groups is 1. The number of aryl methyl sites for hydroxylation is 1. The fourth-order valence-corrected chi connectivity index (χ4v) is 3.87. The van der Waals surface area contributed by atoms with E-state index in [0.717, 1.165) is 29.3 Å². The highest BCUT2D eigenvalue weighted by atomic mass is 16.3. The molecular weight excluding hydrogens is 324 g/mol. The highest BCUT2D eigenvalue weighted by molar-refractivity contribution is 5.98. The van der Waals surface area contributed by atoms with Crippen molar-refractivity contribution in [3.05, 3.63) is 71.4 Å². The Morgan fingerprint density at radius 3 is 2.58 bits per heavy atom. The largest absolute Gasteiger partial charge is 0.388 e. The second kappa shape index (κ2) is 6.96. The number of aromatic amines is 1. The summed E-state index contributed by atoms with van der Waals surface area (Å²) < 4.78 is 0. The summed E-state index contributed by atoms with van der Waals surface area (Å²) in [7, 11) is 0. The normalized spacial score (nSPS) is 16.8. The van der Waals surface area contributed by atoms with E-state index in [4.69, 9.17) is 0 Å². The number of fused-ring (bicyclic) bond motifs is 1. The molecule has 3 aromatic rings. The summed E-state index contributed by atoms with van der Waals surface area (Å²) in [6, 6.07) is 17.9. The Morgan fingerprint density at radius 2 is 1.85 bits per heavy atom. The number of hydrogen-bond donors (Lipinski definition) is 2. The zero-order chi connectivity index (χ0) is 18.1. The number of carbonyl (C=O) groups excluding carboxylic acids is 1. The van der Waals surface area contributed by atoms with Crippen LogP contribution in [0.2, 0.25) is 0 Å². The molecule has 26 heavy (non-hydrogen) atoms. The highest BCUT2D eigenvalue weighted by Gasteiger charge is 2.29. The van der Waals surface area contributed by atoms with E-state index in [1.165, 1.54) is 5.56 Å². The number of nitrogens with one attached hydrogen (secondary N) is 1. The molecule has 0 saturated carbocycles. The first-order valence-corrected chi connectivity index (χ1v) is 9.23. The molecule has 4 rings (SSSR count). The van der Waals surface area contributed by atoms with Gasteiger partial charge in [0, 0.05) is 24.0 Å². The maximum Gasteiger partial charge on any atom is 0.270 e. The van der Waals surface area contributed by atoms with Crippen LogP contribution in [0.1, 0.15) is 40.6 Å². The monoisotopic (exact) mass is 348 g/mol. The summed E-state index contributed by atoms with van der Waals surface area (Å²) in [5.74, 6) is 0.248. The van der Waals surface area contributed by atoms with E-state index in [2.05, 4.69) is 17.1 Å². The Bertz CT molecular complexity index is 908. The minimum absolute atomic E-state index is 0.0477. The molecule has 0 aliphatic carbocycles. The molecule has 1 aliphatic heterocycles. The van der Waals surface area contributed by atoms with Crippen LogP contribution in [-0.2, 0) is 0 Å². The molecule has 0 bridgehead atoms. The Balaban J connectivity index is 1.43. The molecule has 2 aromatic carbocycles. The van der Waals surface area contributed by atoms with Gasteiger partial charge in [-0.1, -0.05) is 42.5 Å². The van der Waals surface area contributed by atoms with E-state index in [9.17, 15) is 9.90 Å². The number of aliphatic hydroxyl groups excluding tert-OH is 1. The number of piperidine rings is 1. The summed E-state index contributed by atoms with van der Waals surface area (Å²) in [6.45, 7) is 3.41. The summed E-state index contributed by atoms with van der Waals surface area (Å²) in [5, 5.41) is 11.7. The zero-order valence-corrected chi connectivity index (χ0v) is 15.0. The van der Waals surface area contributed by atoms with E-state index in [1.807, 2.05) is 54.3 Å². The topological polar surface area (TPSA) is 56.3 Å². The first-order valence-electron chi connectivity index (χ1n) is 9.23. The Kier molecular flexibility index (Phi) is 4.51. The van der Waals surface area contributed by atoms with Crippen LogP contribution in [0, 0.1) is 12.8 Å². The Hall–Kier alpha value is -2.59. The average Bonchev–Trinajstić information content (AvgIpc) is 3.11. The number of aromatic nitrogens is 1. The minimum atomic E-state index is -0.454. The van der Waals surface area contributed by atoms with Crippen LogP contribution in [0.4, 0.5) is 0 Å². The molecule has 134 valence electrons. The van der Waals surface area contributed by atoms with Gasteiger partial charge in [-0.05, 0) is 48.9 Å². The maximum absolute atomic E-state index is 12.8. The molecule has 1 amide bonds. The molecule has 0 unspecified atom stereocenters. The average molecular weight is 348 g/mol. The summed E-state index contributed by atoms with van der Waals surface area (Å²) in [4.78, 5) is 18.0. The van der Waals surface area contributed by atoms with Crippen LogP contribution >= 0.6 is 0 Å². The summed E-state index contributed by atoms with van der Waals surface area (Å²) in [6.07, 6.45) is 1.19. The fraction of sp³-hybridized carbons (Fsp3) is 0.318. The first kappa shape index (κ1) is 16.9. The number of benzene rings is 2. The van der Waals surface area contributed by atoms with Crippen molar-refractivity contribution in [2.45, 2.75) is 25.9 Å². The number of rotatable bonds is 3. The van der Waals surface area contributed by atoms with Gasteiger partial charge in [-0.3, -0.25) is 4.79 Å². The number of aliphatic hydroxyl groups is 1. The van der Waals surface area contributed by atoms with Gasteiger partial charge >= 0.3 is 0 Å². The van der Waals surface area contributed by atoms with Crippen molar-refractivity contribution in [2.75, 3.05) is 13.1 Å². The third-order valence-electron chi connectivity index (χ3n) is 5.42. The second-order valence-corrected chi connectivity index (χ2v) is 7.26. The van der Waals surface area contributed by atoms with Gasteiger partial charge in [-0.25, -0.2) is 0 Å². The molecule has 1 fully saturated rings. The van der Waals surface area contributed by atoms with Gasteiger partial charge in [-0.2, -0.15) is 0 Å². The van der Waals surface area contributed by atoms with Crippen LogP contribution in [0.15, 0.2) is 54.6 Å². The lowest BCUT2D eigenvalue weighted by molar-refractivity contribution is 0.0459. The SMILES string of the molecule is Cc1ccc2cc(C(=O)N3CCC([C@H](O)c4ccccc4)CC3)[nH]c2c1. The van der Waals surface area contributed by atoms with Crippen LogP contribution < -0.4 is 0 Å². The van der Waals surface area contributed by atoms with Crippen molar-refractivity contribution >= 4 is 16.8 Å². The number of likely N-dealkylation sites (tertiary alicyclic amines) is 1. The lowest BCUT2D eigenvalue weighted by Gasteiger charge is -2.34. The van der Waals surface area contributed by atoms with Gasteiger partial charge in [0.1, 0.15) is 5.69 Å². The molecule has 0 radical (unpaired) electrons. The molecule has 2 heterocycles. The van der Waals surface area contributed by atoms with Gasteiger partial charge in [0.2, 0.25) is 0 Å². The van der Waals surface area contributed by atoms with Crippen molar-refractivity contribution in [1.82, 2.24) is 9.88 Å². The van der Waals surface area contributed by atoms with Gasteiger partial charge in [0.05, 0.1) is 6.10 Å². The van der Waals surface area contributed by atoms with E-state index >= 15 is 0 Å².